The summed E-state index contributed by atoms with van der Waals surface area (Å²) in [4.78, 5) is 0. The highest BCUT2D eigenvalue weighted by atomic mass is 16.3. The van der Waals surface area contributed by atoms with Gasteiger partial charge in [-0.1, -0.05) is 19.9 Å². The molecule has 0 aromatic carbocycles. The molecule has 4 rings (SSSR count). The maximum atomic E-state index is 10.8. The molecule has 4 aliphatic carbocycles. The van der Waals surface area contributed by atoms with Gasteiger partial charge in [0.15, 0.2) is 0 Å². The van der Waals surface area contributed by atoms with Gasteiger partial charge in [-0.15, -0.1) is 6.58 Å². The monoisotopic (exact) mass is 346 g/mol. The van der Waals surface area contributed by atoms with Crippen LogP contribution in [0.4, 0.5) is 0 Å². The lowest BCUT2D eigenvalue weighted by Gasteiger charge is -2.62. The highest BCUT2D eigenvalue weighted by Crippen LogP contribution is 2.68. The molecule has 4 unspecified atom stereocenters. The van der Waals surface area contributed by atoms with E-state index in [1.54, 1.807) is 6.08 Å². The number of rotatable bonds is 2. The number of fused-ring (bicyclic) bond motifs is 5. The van der Waals surface area contributed by atoms with E-state index in [1.165, 1.54) is 38.5 Å². The van der Waals surface area contributed by atoms with Gasteiger partial charge in [0, 0.05) is 0 Å². The summed E-state index contributed by atoms with van der Waals surface area (Å²) in [6, 6.07) is 0. The molecular weight excluding hydrogens is 308 g/mol. The fourth-order valence-electron chi connectivity index (χ4n) is 8.29. The van der Waals surface area contributed by atoms with E-state index in [1.807, 2.05) is 6.92 Å². The Hall–Kier alpha value is -0.340. The lowest BCUT2D eigenvalue weighted by Crippen LogP contribution is -2.56. The molecule has 4 saturated carbocycles. The Bertz CT molecular complexity index is 542. The quantitative estimate of drug-likeness (QED) is 0.695. The van der Waals surface area contributed by atoms with Crippen LogP contribution in [-0.2, 0) is 0 Å². The maximum Gasteiger partial charge on any atom is 0.0828 e. The fourth-order valence-corrected chi connectivity index (χ4v) is 8.29. The summed E-state index contributed by atoms with van der Waals surface area (Å²) in [6.07, 6.45) is 12.4. The van der Waals surface area contributed by atoms with Crippen LogP contribution in [0.5, 0.6) is 0 Å². The summed E-state index contributed by atoms with van der Waals surface area (Å²) in [6.45, 7) is 10.9. The first-order valence-electron chi connectivity index (χ1n) is 10.8. The molecule has 0 radical (unpaired) electrons. The first-order valence-corrected chi connectivity index (χ1v) is 10.8. The second-order valence-electron chi connectivity index (χ2n) is 10.6. The van der Waals surface area contributed by atoms with Crippen molar-refractivity contribution in [3.8, 4) is 0 Å². The van der Waals surface area contributed by atoms with Crippen molar-refractivity contribution in [1.29, 1.82) is 0 Å². The van der Waals surface area contributed by atoms with Crippen molar-refractivity contribution in [2.24, 2.45) is 40.4 Å². The van der Waals surface area contributed by atoms with Crippen LogP contribution in [0.15, 0.2) is 12.7 Å². The molecule has 0 bridgehead atoms. The smallest absolute Gasteiger partial charge is 0.0828 e. The van der Waals surface area contributed by atoms with Crippen molar-refractivity contribution < 1.29 is 10.2 Å². The summed E-state index contributed by atoms with van der Waals surface area (Å²) in [5, 5.41) is 21.1. The van der Waals surface area contributed by atoms with Crippen LogP contribution in [-0.4, -0.2) is 21.9 Å². The van der Waals surface area contributed by atoms with Crippen LogP contribution in [0.1, 0.15) is 78.6 Å². The zero-order valence-electron chi connectivity index (χ0n) is 16.5. The maximum absolute atomic E-state index is 10.8. The number of aliphatic hydroxyl groups excluding tert-OH is 1. The number of aliphatic hydroxyl groups is 2. The Balaban J connectivity index is 1.59. The molecular formula is C23H38O2. The highest BCUT2D eigenvalue weighted by Gasteiger charge is 2.61. The third-order valence-corrected chi connectivity index (χ3v) is 9.80. The topological polar surface area (TPSA) is 40.5 Å². The summed E-state index contributed by atoms with van der Waals surface area (Å²) in [7, 11) is 0. The predicted octanol–water partition coefficient (Wildman–Crippen LogP) is 4.94. The molecule has 0 aromatic heterocycles. The normalized spacial score (nSPS) is 56.4. The van der Waals surface area contributed by atoms with Gasteiger partial charge in [0.05, 0.1) is 11.7 Å². The van der Waals surface area contributed by atoms with Crippen LogP contribution < -0.4 is 0 Å². The first-order chi connectivity index (χ1) is 11.7. The van der Waals surface area contributed by atoms with Gasteiger partial charge >= 0.3 is 0 Å². The van der Waals surface area contributed by atoms with Crippen molar-refractivity contribution in [3.05, 3.63) is 12.7 Å². The molecule has 4 fully saturated rings. The third kappa shape index (κ3) is 2.50. The summed E-state index contributed by atoms with van der Waals surface area (Å²) < 4.78 is 0. The molecule has 0 aromatic rings. The molecule has 2 N–H and O–H groups in total. The van der Waals surface area contributed by atoms with Gasteiger partial charge in [-0.2, -0.15) is 0 Å². The minimum Gasteiger partial charge on any atom is -0.393 e. The van der Waals surface area contributed by atoms with Gasteiger partial charge in [0.25, 0.3) is 0 Å². The average Bonchev–Trinajstić information content (AvgIpc) is 2.93. The third-order valence-electron chi connectivity index (χ3n) is 9.80. The van der Waals surface area contributed by atoms with Gasteiger partial charge in [-0.3, -0.25) is 0 Å². The zero-order chi connectivity index (χ0) is 18.0. The molecule has 0 aliphatic heterocycles. The van der Waals surface area contributed by atoms with Crippen LogP contribution in [0.2, 0.25) is 0 Å². The molecule has 0 amide bonds. The standard InChI is InChI=1S/C23H38O2/c1-5-23(25)13-12-21(3)16(14-23)6-7-17-19-9-8-18(15(2)24)22(19,4)11-10-20(17)21/h5,15-20,24-25H,1,6-14H2,2-4H3/t15-,16+,17?,18?,19?,20?,21+,22-,23-/m1/s1. The molecule has 25 heavy (non-hydrogen) atoms. The fraction of sp³-hybridized carbons (Fsp3) is 0.913. The van der Waals surface area contributed by atoms with Crippen molar-refractivity contribution in [2.45, 2.75) is 90.3 Å². The van der Waals surface area contributed by atoms with Crippen molar-refractivity contribution in [2.75, 3.05) is 0 Å². The number of hydrogen-bond acceptors (Lipinski definition) is 2. The molecule has 2 nitrogen and oxygen atoms in total. The molecule has 142 valence electrons. The van der Waals surface area contributed by atoms with Gasteiger partial charge < -0.3 is 10.2 Å². The second-order valence-corrected chi connectivity index (χ2v) is 10.6. The first kappa shape index (κ1) is 18.0. The predicted molar refractivity (Wildman–Crippen MR) is 102 cm³/mol. The average molecular weight is 347 g/mol. The summed E-state index contributed by atoms with van der Waals surface area (Å²) >= 11 is 0. The van der Waals surface area contributed by atoms with Crippen molar-refractivity contribution >= 4 is 0 Å². The second kappa shape index (κ2) is 5.83. The molecule has 2 heteroatoms. The Morgan fingerprint density at radius 2 is 1.68 bits per heavy atom. The molecule has 0 spiro atoms. The van der Waals surface area contributed by atoms with E-state index in [2.05, 4.69) is 20.4 Å². The van der Waals surface area contributed by atoms with Gasteiger partial charge in [0.1, 0.15) is 0 Å². The Morgan fingerprint density at radius 1 is 0.960 bits per heavy atom. The number of hydrogen-bond donors (Lipinski definition) is 2. The SMILES string of the molecule is C=C[C@@]1(O)CC[C@]2(C)C3CC[C@@]4(C)C(CCC4[C@@H](C)O)C3CC[C@H]2C1. The van der Waals surface area contributed by atoms with Gasteiger partial charge in [-0.05, 0) is 105 Å². The van der Waals surface area contributed by atoms with E-state index in [0.717, 1.165) is 37.0 Å². The van der Waals surface area contributed by atoms with E-state index in [0.29, 0.717) is 22.7 Å². The summed E-state index contributed by atoms with van der Waals surface area (Å²) in [5.74, 6) is 3.64. The Morgan fingerprint density at radius 3 is 2.36 bits per heavy atom. The van der Waals surface area contributed by atoms with E-state index in [-0.39, 0.29) is 6.10 Å². The zero-order valence-corrected chi connectivity index (χ0v) is 16.5. The van der Waals surface area contributed by atoms with Gasteiger partial charge in [0.2, 0.25) is 0 Å². The van der Waals surface area contributed by atoms with Crippen molar-refractivity contribution in [3.63, 3.8) is 0 Å². The van der Waals surface area contributed by atoms with Crippen LogP contribution in [0, 0.1) is 40.4 Å². The minimum atomic E-state index is -0.620. The Kier molecular flexibility index (Phi) is 4.21. The Labute approximate surface area is 154 Å². The van der Waals surface area contributed by atoms with Crippen molar-refractivity contribution in [1.82, 2.24) is 0 Å². The minimum absolute atomic E-state index is 0.157. The van der Waals surface area contributed by atoms with E-state index < -0.39 is 5.60 Å². The molecule has 0 heterocycles. The van der Waals surface area contributed by atoms with E-state index in [4.69, 9.17) is 0 Å². The molecule has 0 saturated heterocycles. The highest BCUT2D eigenvalue weighted by molar-refractivity contribution is 5.12. The summed E-state index contributed by atoms with van der Waals surface area (Å²) in [5.41, 5.74) is 0.141. The van der Waals surface area contributed by atoms with Gasteiger partial charge in [-0.25, -0.2) is 0 Å². The van der Waals surface area contributed by atoms with Crippen LogP contribution in [0.3, 0.4) is 0 Å². The van der Waals surface area contributed by atoms with Crippen LogP contribution >= 0.6 is 0 Å². The van der Waals surface area contributed by atoms with E-state index in [9.17, 15) is 10.2 Å². The van der Waals surface area contributed by atoms with E-state index >= 15 is 0 Å². The molecule has 9 atom stereocenters. The molecule has 4 aliphatic rings. The van der Waals surface area contributed by atoms with Crippen LogP contribution in [0.25, 0.3) is 0 Å². The lowest BCUT2D eigenvalue weighted by atomic mass is 9.44. The largest absolute Gasteiger partial charge is 0.393 e. The lowest BCUT2D eigenvalue weighted by molar-refractivity contribution is -0.144.